The number of aryl methyl sites for hydroxylation is 1. The average molecular weight is 374 g/mol. The van der Waals surface area contributed by atoms with Crippen LogP contribution < -0.4 is 0 Å². The summed E-state index contributed by atoms with van der Waals surface area (Å²) in [5, 5.41) is 1.28. The first kappa shape index (κ1) is 16.9. The molecule has 1 aromatic carbocycles. The third-order valence-electron chi connectivity index (χ3n) is 5.11. The maximum absolute atomic E-state index is 6.46. The molecule has 0 saturated heterocycles. The summed E-state index contributed by atoms with van der Waals surface area (Å²) < 4.78 is 2.38. The maximum Gasteiger partial charge on any atom is 0.160 e. The molecule has 1 aliphatic rings. The number of hydrogen-bond acceptors (Lipinski definition) is 2. The van der Waals surface area contributed by atoms with Crippen LogP contribution in [0.1, 0.15) is 45.0 Å². The van der Waals surface area contributed by atoms with Gasteiger partial charge in [0.1, 0.15) is 11.3 Å². The van der Waals surface area contributed by atoms with Gasteiger partial charge in [0.2, 0.25) is 0 Å². The summed E-state index contributed by atoms with van der Waals surface area (Å²) >= 11 is 12.5. The summed E-state index contributed by atoms with van der Waals surface area (Å²) in [5.41, 5.74) is 3.87. The third kappa shape index (κ3) is 2.94. The number of benzene rings is 1. The van der Waals surface area contributed by atoms with E-state index in [0.717, 1.165) is 46.9 Å². The summed E-state index contributed by atoms with van der Waals surface area (Å²) in [5.74, 6) is 1.87. The molecule has 1 fully saturated rings. The summed E-state index contributed by atoms with van der Waals surface area (Å²) in [6, 6.07) is 8.09. The van der Waals surface area contributed by atoms with E-state index < -0.39 is 0 Å². The van der Waals surface area contributed by atoms with Gasteiger partial charge in [-0.15, -0.1) is 0 Å². The van der Waals surface area contributed by atoms with E-state index in [1.165, 1.54) is 12.8 Å². The van der Waals surface area contributed by atoms with Gasteiger partial charge in [0, 0.05) is 39.8 Å². The molecule has 0 amide bonds. The number of pyridine rings is 1. The van der Waals surface area contributed by atoms with E-state index in [4.69, 9.17) is 33.2 Å². The molecule has 1 saturated carbocycles. The van der Waals surface area contributed by atoms with Crippen LogP contribution in [0.4, 0.5) is 0 Å². The lowest BCUT2D eigenvalue weighted by atomic mass is 10.1. The Hall–Kier alpha value is -1.58. The second kappa shape index (κ2) is 6.62. The fourth-order valence-electron chi connectivity index (χ4n) is 3.77. The first-order valence-corrected chi connectivity index (χ1v) is 9.70. The van der Waals surface area contributed by atoms with E-state index in [0.29, 0.717) is 16.1 Å². The van der Waals surface area contributed by atoms with Crippen LogP contribution in [0, 0.1) is 5.92 Å². The van der Waals surface area contributed by atoms with E-state index in [1.54, 1.807) is 6.07 Å². The zero-order valence-electron chi connectivity index (χ0n) is 14.5. The van der Waals surface area contributed by atoms with Crippen molar-refractivity contribution < 1.29 is 0 Å². The van der Waals surface area contributed by atoms with Gasteiger partial charge >= 0.3 is 0 Å². The van der Waals surface area contributed by atoms with Crippen LogP contribution in [0.15, 0.2) is 30.5 Å². The molecular formula is C20H21Cl2N3. The van der Waals surface area contributed by atoms with Gasteiger partial charge in [0.05, 0.1) is 0 Å². The van der Waals surface area contributed by atoms with Crippen molar-refractivity contribution in [3.8, 4) is 11.1 Å². The van der Waals surface area contributed by atoms with Crippen molar-refractivity contribution >= 4 is 34.4 Å². The standard InChI is InChI=1S/C20H21Cl2N3/c1-3-17(12-5-6-12)25-18(4-2)24-19-15(9-10-23-20(19)25)14-8-7-13(21)11-16(14)22/h7-12,17H,3-6H2,1-2H3/t17-/m0/s1. The van der Waals surface area contributed by atoms with Crippen molar-refractivity contribution in [2.75, 3.05) is 0 Å². The highest BCUT2D eigenvalue weighted by Crippen LogP contribution is 2.44. The number of hydrogen-bond donors (Lipinski definition) is 0. The van der Waals surface area contributed by atoms with E-state index >= 15 is 0 Å². The molecule has 0 aliphatic heterocycles. The molecule has 2 heterocycles. The number of imidazole rings is 1. The zero-order chi connectivity index (χ0) is 17.6. The summed E-state index contributed by atoms with van der Waals surface area (Å²) in [4.78, 5) is 9.65. The molecule has 0 radical (unpaired) electrons. The number of rotatable bonds is 5. The Labute approximate surface area is 158 Å². The monoisotopic (exact) mass is 373 g/mol. The lowest BCUT2D eigenvalue weighted by Gasteiger charge is -2.19. The second-order valence-corrected chi connectivity index (χ2v) is 7.56. The molecule has 0 spiro atoms. The van der Waals surface area contributed by atoms with Gasteiger partial charge in [-0.2, -0.15) is 0 Å². The van der Waals surface area contributed by atoms with Crippen LogP contribution in [-0.2, 0) is 6.42 Å². The van der Waals surface area contributed by atoms with E-state index in [2.05, 4.69) is 18.4 Å². The molecule has 1 atom stereocenters. The van der Waals surface area contributed by atoms with Crippen LogP contribution >= 0.6 is 23.2 Å². The lowest BCUT2D eigenvalue weighted by Crippen LogP contribution is -2.13. The molecule has 5 heteroatoms. The Kier molecular flexibility index (Phi) is 4.47. The fourth-order valence-corrected chi connectivity index (χ4v) is 4.28. The Bertz CT molecular complexity index is 928. The SMILES string of the molecule is CCc1nc2c(-c3ccc(Cl)cc3Cl)ccnc2n1[C@@H](CC)C1CC1. The van der Waals surface area contributed by atoms with Crippen molar-refractivity contribution in [1.82, 2.24) is 14.5 Å². The van der Waals surface area contributed by atoms with Gasteiger partial charge in [-0.1, -0.05) is 43.1 Å². The maximum atomic E-state index is 6.46. The molecule has 4 rings (SSSR count). The first-order chi connectivity index (χ1) is 12.1. The number of nitrogens with zero attached hydrogens (tertiary/aromatic N) is 3. The van der Waals surface area contributed by atoms with Gasteiger partial charge in [0.25, 0.3) is 0 Å². The van der Waals surface area contributed by atoms with Crippen molar-refractivity contribution in [1.29, 1.82) is 0 Å². The van der Waals surface area contributed by atoms with Gasteiger partial charge in [0.15, 0.2) is 5.65 Å². The lowest BCUT2D eigenvalue weighted by molar-refractivity contribution is 0.427. The Morgan fingerprint density at radius 3 is 2.60 bits per heavy atom. The van der Waals surface area contributed by atoms with Crippen molar-refractivity contribution in [2.45, 2.75) is 45.6 Å². The van der Waals surface area contributed by atoms with Gasteiger partial charge < -0.3 is 4.57 Å². The predicted molar refractivity (Wildman–Crippen MR) is 104 cm³/mol. The quantitative estimate of drug-likeness (QED) is 0.523. The van der Waals surface area contributed by atoms with Gasteiger partial charge in [-0.3, -0.25) is 0 Å². The Morgan fingerprint density at radius 2 is 1.96 bits per heavy atom. The molecule has 3 nitrogen and oxygen atoms in total. The smallest absolute Gasteiger partial charge is 0.160 e. The highest BCUT2D eigenvalue weighted by Gasteiger charge is 2.33. The number of halogens is 2. The second-order valence-electron chi connectivity index (χ2n) is 6.72. The zero-order valence-corrected chi connectivity index (χ0v) is 16.0. The fraction of sp³-hybridized carbons (Fsp3) is 0.400. The van der Waals surface area contributed by atoms with Crippen molar-refractivity contribution in [2.24, 2.45) is 5.92 Å². The molecule has 0 N–H and O–H groups in total. The molecule has 2 aromatic heterocycles. The predicted octanol–water partition coefficient (Wildman–Crippen LogP) is 6.33. The van der Waals surface area contributed by atoms with Gasteiger partial charge in [-0.25, -0.2) is 9.97 Å². The molecule has 25 heavy (non-hydrogen) atoms. The van der Waals surface area contributed by atoms with E-state index in [9.17, 15) is 0 Å². The normalized spacial score (nSPS) is 15.7. The van der Waals surface area contributed by atoms with Crippen molar-refractivity contribution in [3.63, 3.8) is 0 Å². The average Bonchev–Trinajstić information content (AvgIpc) is 3.36. The largest absolute Gasteiger partial charge is 0.309 e. The van der Waals surface area contributed by atoms with E-state index in [-0.39, 0.29) is 0 Å². The number of fused-ring (bicyclic) bond motifs is 1. The molecule has 130 valence electrons. The molecule has 1 aliphatic carbocycles. The minimum atomic E-state index is 0.489. The van der Waals surface area contributed by atoms with Crippen LogP contribution in [0.25, 0.3) is 22.3 Å². The van der Waals surface area contributed by atoms with Crippen LogP contribution in [-0.4, -0.2) is 14.5 Å². The number of aromatic nitrogens is 3. The highest BCUT2D eigenvalue weighted by molar-refractivity contribution is 6.36. The summed E-state index contributed by atoms with van der Waals surface area (Å²) in [6.07, 6.45) is 6.48. The third-order valence-corrected chi connectivity index (χ3v) is 5.65. The molecular weight excluding hydrogens is 353 g/mol. The highest BCUT2D eigenvalue weighted by atomic mass is 35.5. The molecule has 0 unspecified atom stereocenters. The minimum Gasteiger partial charge on any atom is -0.309 e. The minimum absolute atomic E-state index is 0.489. The Morgan fingerprint density at radius 1 is 1.16 bits per heavy atom. The van der Waals surface area contributed by atoms with Crippen molar-refractivity contribution in [3.05, 3.63) is 46.3 Å². The first-order valence-electron chi connectivity index (χ1n) is 8.95. The van der Waals surface area contributed by atoms with Crippen LogP contribution in [0.3, 0.4) is 0 Å². The van der Waals surface area contributed by atoms with E-state index in [1.807, 2.05) is 24.4 Å². The van der Waals surface area contributed by atoms with Gasteiger partial charge in [-0.05, 0) is 43.4 Å². The topological polar surface area (TPSA) is 30.7 Å². The summed E-state index contributed by atoms with van der Waals surface area (Å²) in [7, 11) is 0. The molecule has 0 bridgehead atoms. The Balaban J connectivity index is 1.94. The van der Waals surface area contributed by atoms with Crippen LogP contribution in [0.2, 0.25) is 10.0 Å². The molecule has 3 aromatic rings. The van der Waals surface area contributed by atoms with Crippen LogP contribution in [0.5, 0.6) is 0 Å². The summed E-state index contributed by atoms with van der Waals surface area (Å²) in [6.45, 7) is 4.42.